The molecular formula is C21H23N3O3S. The second kappa shape index (κ2) is 8.39. The van der Waals surface area contributed by atoms with Crippen molar-refractivity contribution < 1.29 is 13.2 Å². The molecule has 0 aliphatic rings. The van der Waals surface area contributed by atoms with Crippen molar-refractivity contribution in [3.8, 4) is 5.69 Å². The lowest BCUT2D eigenvalue weighted by atomic mass is 10.1. The lowest BCUT2D eigenvalue weighted by Crippen LogP contribution is -2.28. The molecule has 3 aromatic rings. The van der Waals surface area contributed by atoms with Crippen LogP contribution in [0, 0.1) is 6.92 Å². The van der Waals surface area contributed by atoms with Gasteiger partial charge in [-0.2, -0.15) is 0 Å². The van der Waals surface area contributed by atoms with Crippen molar-refractivity contribution in [2.24, 2.45) is 0 Å². The fourth-order valence-corrected chi connectivity index (χ4v) is 4.08. The van der Waals surface area contributed by atoms with Crippen LogP contribution in [0.5, 0.6) is 0 Å². The number of imidazole rings is 1. The molecule has 6 nitrogen and oxygen atoms in total. The van der Waals surface area contributed by atoms with Crippen LogP contribution in [0.4, 0.5) is 0 Å². The maximum Gasteiger partial charge on any atom is 0.221 e. The normalized spacial score (nSPS) is 12.5. The average molecular weight is 398 g/mol. The van der Waals surface area contributed by atoms with E-state index < -0.39 is 9.84 Å². The van der Waals surface area contributed by atoms with Gasteiger partial charge in [-0.25, -0.2) is 13.4 Å². The molecule has 3 rings (SSSR count). The predicted molar refractivity (Wildman–Crippen MR) is 108 cm³/mol. The molecule has 2 aromatic carbocycles. The lowest BCUT2D eigenvalue weighted by Gasteiger charge is -2.15. The quantitative estimate of drug-likeness (QED) is 0.664. The number of hydrogen-bond acceptors (Lipinski definition) is 4. The van der Waals surface area contributed by atoms with Crippen LogP contribution in [0.1, 0.15) is 30.5 Å². The second-order valence-electron chi connectivity index (χ2n) is 6.73. The number of aromatic nitrogens is 2. The zero-order valence-corrected chi connectivity index (χ0v) is 16.7. The van der Waals surface area contributed by atoms with Crippen molar-refractivity contribution in [2.75, 3.05) is 5.75 Å². The highest BCUT2D eigenvalue weighted by atomic mass is 32.2. The summed E-state index contributed by atoms with van der Waals surface area (Å²) in [6, 6.07) is 14.2. The minimum Gasteiger partial charge on any atom is -0.350 e. The van der Waals surface area contributed by atoms with E-state index in [9.17, 15) is 13.2 Å². The van der Waals surface area contributed by atoms with Gasteiger partial charge in [-0.05, 0) is 43.7 Å². The van der Waals surface area contributed by atoms with Gasteiger partial charge >= 0.3 is 0 Å². The number of nitrogens with zero attached hydrogens (tertiary/aromatic N) is 2. The maximum atomic E-state index is 12.4. The molecule has 0 fully saturated rings. The third-order valence-electron chi connectivity index (χ3n) is 4.55. The van der Waals surface area contributed by atoms with Crippen LogP contribution < -0.4 is 5.32 Å². The van der Waals surface area contributed by atoms with Crippen LogP contribution >= 0.6 is 0 Å². The third kappa shape index (κ3) is 4.86. The monoisotopic (exact) mass is 397 g/mol. The van der Waals surface area contributed by atoms with E-state index in [-0.39, 0.29) is 29.0 Å². The Morgan fingerprint density at radius 1 is 1.11 bits per heavy atom. The molecule has 0 saturated carbocycles. The molecule has 1 atom stereocenters. The molecule has 0 spiro atoms. The molecule has 1 amide bonds. The lowest BCUT2D eigenvalue weighted by molar-refractivity contribution is -0.121. The van der Waals surface area contributed by atoms with Crippen molar-refractivity contribution in [3.63, 3.8) is 0 Å². The Kier molecular flexibility index (Phi) is 5.94. The van der Waals surface area contributed by atoms with Crippen molar-refractivity contribution in [1.29, 1.82) is 0 Å². The van der Waals surface area contributed by atoms with E-state index in [1.807, 2.05) is 48.9 Å². The number of amides is 1. The summed E-state index contributed by atoms with van der Waals surface area (Å²) in [6.07, 6.45) is 5.21. The summed E-state index contributed by atoms with van der Waals surface area (Å²) >= 11 is 0. The van der Waals surface area contributed by atoms with Gasteiger partial charge in [0.2, 0.25) is 5.91 Å². The molecule has 1 aromatic heterocycles. The minimum absolute atomic E-state index is 0.0757. The van der Waals surface area contributed by atoms with Gasteiger partial charge in [0.1, 0.15) is 0 Å². The summed E-state index contributed by atoms with van der Waals surface area (Å²) in [5.41, 5.74) is 2.91. The summed E-state index contributed by atoms with van der Waals surface area (Å²) in [7, 11) is -3.47. The third-order valence-corrected chi connectivity index (χ3v) is 6.28. The van der Waals surface area contributed by atoms with E-state index in [0.29, 0.717) is 0 Å². The van der Waals surface area contributed by atoms with Crippen LogP contribution in [0.3, 0.4) is 0 Å². The van der Waals surface area contributed by atoms with E-state index in [4.69, 9.17) is 0 Å². The molecule has 0 saturated heterocycles. The number of benzene rings is 2. The van der Waals surface area contributed by atoms with Crippen molar-refractivity contribution in [2.45, 2.75) is 31.2 Å². The molecule has 1 heterocycles. The highest BCUT2D eigenvalue weighted by Crippen LogP contribution is 2.17. The topological polar surface area (TPSA) is 81.1 Å². The zero-order valence-electron chi connectivity index (χ0n) is 15.9. The molecule has 28 heavy (non-hydrogen) atoms. The number of carbonyl (C=O) groups is 1. The highest BCUT2D eigenvalue weighted by Gasteiger charge is 2.17. The summed E-state index contributed by atoms with van der Waals surface area (Å²) < 4.78 is 26.6. The Morgan fingerprint density at radius 2 is 1.79 bits per heavy atom. The molecule has 1 N–H and O–H groups in total. The standard InChI is InChI=1S/C21H23N3O3S/c1-16-3-9-20(10-4-16)28(26,27)14-11-21(25)23-17(2)18-5-7-19(8-6-18)24-13-12-22-15-24/h3-10,12-13,15,17H,11,14H2,1-2H3,(H,23,25)/t17-/m1/s1. The number of aryl methyl sites for hydroxylation is 1. The number of sulfone groups is 1. The Hall–Kier alpha value is -2.93. The Balaban J connectivity index is 1.56. The van der Waals surface area contributed by atoms with Crippen LogP contribution in [0.25, 0.3) is 5.69 Å². The number of hydrogen-bond donors (Lipinski definition) is 1. The van der Waals surface area contributed by atoms with Crippen LogP contribution in [0.2, 0.25) is 0 Å². The van der Waals surface area contributed by atoms with Gasteiger partial charge in [0, 0.05) is 24.5 Å². The van der Waals surface area contributed by atoms with Gasteiger partial charge in [0.25, 0.3) is 0 Å². The summed E-state index contributed by atoms with van der Waals surface area (Å²) in [5, 5.41) is 2.86. The van der Waals surface area contributed by atoms with E-state index in [1.165, 1.54) is 0 Å². The van der Waals surface area contributed by atoms with Gasteiger partial charge < -0.3 is 9.88 Å². The molecule has 0 aliphatic heterocycles. The number of rotatable bonds is 7. The summed E-state index contributed by atoms with van der Waals surface area (Å²) in [6.45, 7) is 3.77. The van der Waals surface area contributed by atoms with Gasteiger partial charge in [0.05, 0.1) is 23.0 Å². The predicted octanol–water partition coefficient (Wildman–Crippen LogP) is 3.22. The SMILES string of the molecule is Cc1ccc(S(=O)(=O)CCC(=O)N[C@H](C)c2ccc(-n3ccnc3)cc2)cc1. The largest absolute Gasteiger partial charge is 0.350 e. The summed E-state index contributed by atoms with van der Waals surface area (Å²) in [4.78, 5) is 16.5. The molecule has 146 valence electrons. The van der Waals surface area contributed by atoms with Gasteiger partial charge in [-0.3, -0.25) is 4.79 Å². The second-order valence-corrected chi connectivity index (χ2v) is 8.84. The van der Waals surface area contributed by atoms with E-state index in [2.05, 4.69) is 10.3 Å². The number of nitrogens with one attached hydrogen (secondary N) is 1. The van der Waals surface area contributed by atoms with E-state index >= 15 is 0 Å². The molecule has 7 heteroatoms. The molecular weight excluding hydrogens is 374 g/mol. The van der Waals surface area contributed by atoms with Crippen molar-refractivity contribution >= 4 is 15.7 Å². The Morgan fingerprint density at radius 3 is 2.39 bits per heavy atom. The first-order valence-electron chi connectivity index (χ1n) is 9.02. The zero-order chi connectivity index (χ0) is 20.1. The van der Waals surface area contributed by atoms with Crippen LogP contribution in [-0.2, 0) is 14.6 Å². The Labute approximate surface area is 165 Å². The van der Waals surface area contributed by atoms with Gasteiger partial charge in [0.15, 0.2) is 9.84 Å². The fraction of sp³-hybridized carbons (Fsp3) is 0.238. The first-order chi connectivity index (χ1) is 13.3. The molecule has 0 unspecified atom stereocenters. The first kappa shape index (κ1) is 19.8. The van der Waals surface area contributed by atoms with Gasteiger partial charge in [-0.1, -0.05) is 29.8 Å². The van der Waals surface area contributed by atoms with Crippen molar-refractivity contribution in [3.05, 3.63) is 78.4 Å². The maximum absolute atomic E-state index is 12.4. The minimum atomic E-state index is -3.47. The highest BCUT2D eigenvalue weighted by molar-refractivity contribution is 7.91. The summed E-state index contributed by atoms with van der Waals surface area (Å²) in [5.74, 6) is -0.504. The fourth-order valence-electron chi connectivity index (χ4n) is 2.83. The smallest absolute Gasteiger partial charge is 0.221 e. The Bertz CT molecular complexity index is 1030. The van der Waals surface area contributed by atoms with E-state index in [1.54, 1.807) is 36.8 Å². The average Bonchev–Trinajstić information content (AvgIpc) is 3.22. The molecule has 0 radical (unpaired) electrons. The number of carbonyl (C=O) groups excluding carboxylic acids is 1. The molecule has 0 aliphatic carbocycles. The van der Waals surface area contributed by atoms with Crippen LogP contribution in [0.15, 0.2) is 72.1 Å². The van der Waals surface area contributed by atoms with E-state index in [0.717, 1.165) is 16.8 Å². The van der Waals surface area contributed by atoms with Gasteiger partial charge in [-0.15, -0.1) is 0 Å². The first-order valence-corrected chi connectivity index (χ1v) is 10.7. The molecule has 0 bridgehead atoms. The van der Waals surface area contributed by atoms with Crippen LogP contribution in [-0.4, -0.2) is 29.6 Å². The van der Waals surface area contributed by atoms with Crippen molar-refractivity contribution in [1.82, 2.24) is 14.9 Å².